The molecule has 0 radical (unpaired) electrons. The summed E-state index contributed by atoms with van der Waals surface area (Å²) in [5.41, 5.74) is 0.831. The Labute approximate surface area is 77.8 Å². The van der Waals surface area contributed by atoms with Gasteiger partial charge in [0.2, 0.25) is 0 Å². The van der Waals surface area contributed by atoms with Crippen LogP contribution < -0.4 is 4.74 Å². The van der Waals surface area contributed by atoms with Gasteiger partial charge in [0, 0.05) is 6.54 Å². The van der Waals surface area contributed by atoms with Crippen molar-refractivity contribution in [2.45, 2.75) is 6.92 Å². The summed E-state index contributed by atoms with van der Waals surface area (Å²) in [6.07, 6.45) is 0. The first-order valence-electron chi connectivity index (χ1n) is 4.13. The third-order valence-corrected chi connectivity index (χ3v) is 1.48. The predicted molar refractivity (Wildman–Crippen MR) is 53.1 cm³/mol. The van der Waals surface area contributed by atoms with Crippen LogP contribution in [-0.2, 0) is 0 Å². The lowest BCUT2D eigenvalue weighted by Crippen LogP contribution is -1.79. The van der Waals surface area contributed by atoms with E-state index >= 15 is 0 Å². The van der Waals surface area contributed by atoms with Crippen LogP contribution in [-0.4, -0.2) is 19.7 Å². The van der Waals surface area contributed by atoms with E-state index in [9.17, 15) is 0 Å². The molecule has 0 aliphatic carbocycles. The molecule has 0 aliphatic heterocycles. The highest BCUT2D eigenvalue weighted by atomic mass is 16.5. The van der Waals surface area contributed by atoms with Crippen LogP contribution in [0.25, 0.3) is 0 Å². The van der Waals surface area contributed by atoms with Gasteiger partial charge in [-0.15, -0.1) is 0 Å². The Morgan fingerprint density at radius 3 is 2.54 bits per heavy atom. The molecule has 0 spiro atoms. The molecule has 0 N–H and O–H groups in total. The van der Waals surface area contributed by atoms with E-state index in [1.807, 2.05) is 31.2 Å². The Morgan fingerprint density at radius 2 is 2.00 bits per heavy atom. The molecule has 0 heterocycles. The maximum atomic E-state index is 5.01. The van der Waals surface area contributed by atoms with Gasteiger partial charge < -0.3 is 4.74 Å². The molecule has 0 bridgehead atoms. The molecule has 0 saturated carbocycles. The molecule has 0 atom stereocenters. The summed E-state index contributed by atoms with van der Waals surface area (Å²) < 4.78 is 5.01. The first-order chi connectivity index (χ1) is 6.36. The third-order valence-electron chi connectivity index (χ3n) is 1.48. The largest absolute Gasteiger partial charge is 0.497 e. The maximum Gasteiger partial charge on any atom is 0.119 e. The maximum absolute atomic E-state index is 5.01. The highest BCUT2D eigenvalue weighted by Crippen LogP contribution is 2.16. The van der Waals surface area contributed by atoms with Gasteiger partial charge in [0.1, 0.15) is 5.75 Å². The molecule has 0 unspecified atom stereocenters. The van der Waals surface area contributed by atoms with E-state index in [0.717, 1.165) is 11.4 Å². The van der Waals surface area contributed by atoms with Crippen molar-refractivity contribution in [1.29, 1.82) is 0 Å². The Bertz CT molecular complexity index is 310. The second-order valence-electron chi connectivity index (χ2n) is 2.38. The van der Waals surface area contributed by atoms with Crippen LogP contribution in [0, 0.1) is 0 Å². The molecule has 3 heteroatoms. The zero-order valence-corrected chi connectivity index (χ0v) is 7.82. The minimum atomic E-state index is 0.708. The molecule has 1 aromatic carbocycles. The molecule has 1 aromatic rings. The molecule has 0 amide bonds. The quantitative estimate of drug-likeness (QED) is 0.651. The average molecular weight is 176 g/mol. The molecule has 0 aliphatic rings. The van der Waals surface area contributed by atoms with Gasteiger partial charge >= 0.3 is 0 Å². The fraction of sp³-hybridized carbons (Fsp3) is 0.300. The molecule has 68 valence electrons. The molecular formula is C10H12N2O. The van der Waals surface area contributed by atoms with E-state index in [2.05, 4.69) is 16.0 Å². The molecule has 0 aromatic heterocycles. The minimum absolute atomic E-state index is 0.708. The summed E-state index contributed by atoms with van der Waals surface area (Å²) >= 11 is 0. The van der Waals surface area contributed by atoms with Gasteiger partial charge in [0.05, 0.1) is 18.8 Å². The second-order valence-corrected chi connectivity index (χ2v) is 2.38. The Hall–Kier alpha value is -1.60. The van der Waals surface area contributed by atoms with Gasteiger partial charge in [-0.05, 0) is 31.2 Å². The van der Waals surface area contributed by atoms with Crippen LogP contribution in [0.3, 0.4) is 0 Å². The van der Waals surface area contributed by atoms with Crippen LogP contribution in [0.2, 0.25) is 0 Å². The standard InChI is InChI=1S/C10H12N2O/c1-3-11-8-12-9-4-6-10(13-2)7-5-9/h4-7H,3H2,1-2H3. The Kier molecular flexibility index (Phi) is 3.74. The van der Waals surface area contributed by atoms with Crippen molar-refractivity contribution < 1.29 is 4.74 Å². The summed E-state index contributed by atoms with van der Waals surface area (Å²) in [7, 11) is 1.64. The fourth-order valence-electron chi connectivity index (χ4n) is 0.821. The van der Waals surface area contributed by atoms with Gasteiger partial charge in [0.25, 0.3) is 0 Å². The first kappa shape index (κ1) is 9.49. The number of nitrogens with zero attached hydrogens (tertiary/aromatic N) is 2. The van der Waals surface area contributed by atoms with Gasteiger partial charge in [0.15, 0.2) is 0 Å². The van der Waals surface area contributed by atoms with E-state index in [-0.39, 0.29) is 0 Å². The van der Waals surface area contributed by atoms with E-state index < -0.39 is 0 Å². The lowest BCUT2D eigenvalue weighted by molar-refractivity contribution is 0.415. The van der Waals surface area contributed by atoms with Gasteiger partial charge in [-0.1, -0.05) is 0 Å². The SMILES string of the molecule is CCN=C=Nc1ccc(OC)cc1. The van der Waals surface area contributed by atoms with Crippen molar-refractivity contribution in [2.24, 2.45) is 9.98 Å². The monoisotopic (exact) mass is 176 g/mol. The van der Waals surface area contributed by atoms with E-state index in [1.165, 1.54) is 0 Å². The summed E-state index contributed by atoms with van der Waals surface area (Å²) in [4.78, 5) is 7.86. The summed E-state index contributed by atoms with van der Waals surface area (Å²) in [5, 5.41) is 0. The normalized spacial score (nSPS) is 8.77. The molecule has 0 saturated heterocycles. The van der Waals surface area contributed by atoms with Crippen molar-refractivity contribution in [3.8, 4) is 5.75 Å². The lowest BCUT2D eigenvalue weighted by Gasteiger charge is -1.97. The molecule has 13 heavy (non-hydrogen) atoms. The summed E-state index contributed by atoms with van der Waals surface area (Å²) in [5.74, 6) is 0.825. The van der Waals surface area contributed by atoms with Crippen molar-refractivity contribution in [1.82, 2.24) is 0 Å². The van der Waals surface area contributed by atoms with Gasteiger partial charge in [-0.3, -0.25) is 0 Å². The molecule has 0 fully saturated rings. The van der Waals surface area contributed by atoms with E-state index in [0.29, 0.717) is 6.54 Å². The number of aliphatic imine (C=N–C) groups is 2. The zero-order valence-electron chi connectivity index (χ0n) is 7.82. The smallest absolute Gasteiger partial charge is 0.119 e. The minimum Gasteiger partial charge on any atom is -0.497 e. The van der Waals surface area contributed by atoms with Crippen LogP contribution in [0.4, 0.5) is 5.69 Å². The van der Waals surface area contributed by atoms with Crippen LogP contribution in [0.1, 0.15) is 6.92 Å². The van der Waals surface area contributed by atoms with E-state index in [4.69, 9.17) is 4.74 Å². The lowest BCUT2D eigenvalue weighted by atomic mass is 10.3. The number of benzene rings is 1. The van der Waals surface area contributed by atoms with Crippen molar-refractivity contribution in [3.63, 3.8) is 0 Å². The number of hydrogen-bond acceptors (Lipinski definition) is 3. The third kappa shape index (κ3) is 3.09. The first-order valence-corrected chi connectivity index (χ1v) is 4.13. The number of hydrogen-bond donors (Lipinski definition) is 0. The summed E-state index contributed by atoms with van der Waals surface area (Å²) in [6.45, 7) is 2.65. The van der Waals surface area contributed by atoms with Crippen LogP contribution in [0.5, 0.6) is 5.75 Å². The topological polar surface area (TPSA) is 34.0 Å². The summed E-state index contributed by atoms with van der Waals surface area (Å²) in [6, 6.07) is 10.0. The van der Waals surface area contributed by atoms with Crippen molar-refractivity contribution in [3.05, 3.63) is 24.3 Å². The van der Waals surface area contributed by atoms with Gasteiger partial charge in [-0.25, -0.2) is 4.99 Å². The van der Waals surface area contributed by atoms with E-state index in [1.54, 1.807) is 7.11 Å². The van der Waals surface area contributed by atoms with Crippen LogP contribution >= 0.6 is 0 Å². The average Bonchev–Trinajstić information content (AvgIpc) is 2.19. The van der Waals surface area contributed by atoms with Crippen molar-refractivity contribution >= 4 is 11.7 Å². The Morgan fingerprint density at radius 1 is 1.31 bits per heavy atom. The molecule has 3 nitrogen and oxygen atoms in total. The number of methoxy groups -OCH3 is 1. The second kappa shape index (κ2) is 5.12. The fourth-order valence-corrected chi connectivity index (χ4v) is 0.821. The van der Waals surface area contributed by atoms with Crippen LogP contribution in [0.15, 0.2) is 34.3 Å². The number of ether oxygens (including phenoxy) is 1. The van der Waals surface area contributed by atoms with Gasteiger partial charge in [-0.2, -0.15) is 4.99 Å². The number of rotatable bonds is 3. The highest BCUT2D eigenvalue weighted by molar-refractivity contribution is 5.53. The Balaban J connectivity index is 2.75. The highest BCUT2D eigenvalue weighted by Gasteiger charge is 1.89. The van der Waals surface area contributed by atoms with Crippen molar-refractivity contribution in [2.75, 3.05) is 13.7 Å². The predicted octanol–water partition coefficient (Wildman–Crippen LogP) is 2.52. The molecular weight excluding hydrogens is 164 g/mol. The molecule has 1 rings (SSSR count). The zero-order chi connectivity index (χ0) is 9.52.